The first-order valence-electron chi connectivity index (χ1n) is 6.16. The Morgan fingerprint density at radius 3 is 3.16 bits per heavy atom. The van der Waals surface area contributed by atoms with Crippen LogP contribution >= 0.6 is 11.3 Å². The number of hydrogen-bond donors (Lipinski definition) is 0. The molecular formula is C12H11N5OS. The Morgan fingerprint density at radius 2 is 2.37 bits per heavy atom. The Bertz CT molecular complexity index is 701. The highest BCUT2D eigenvalue weighted by Crippen LogP contribution is 2.30. The highest BCUT2D eigenvalue weighted by Gasteiger charge is 2.25. The van der Waals surface area contributed by atoms with Gasteiger partial charge < -0.3 is 4.74 Å². The van der Waals surface area contributed by atoms with Crippen LogP contribution in [0.3, 0.4) is 0 Å². The van der Waals surface area contributed by atoms with Gasteiger partial charge >= 0.3 is 0 Å². The van der Waals surface area contributed by atoms with Crippen LogP contribution in [0.5, 0.6) is 0 Å². The molecule has 0 amide bonds. The van der Waals surface area contributed by atoms with Gasteiger partial charge in [0.05, 0.1) is 0 Å². The number of ether oxygens (including phenoxy) is 1. The third-order valence-electron chi connectivity index (χ3n) is 3.14. The van der Waals surface area contributed by atoms with Gasteiger partial charge in [0, 0.05) is 24.6 Å². The van der Waals surface area contributed by atoms with Crippen molar-refractivity contribution in [3.8, 4) is 10.6 Å². The molecule has 0 radical (unpaired) electrons. The van der Waals surface area contributed by atoms with Crippen LogP contribution in [0.4, 0.5) is 0 Å². The lowest BCUT2D eigenvalue weighted by molar-refractivity contribution is 0.103. The minimum atomic E-state index is 0.0267. The molecule has 0 spiro atoms. The summed E-state index contributed by atoms with van der Waals surface area (Å²) in [4.78, 5) is 4.91. The number of hydrogen-bond acceptors (Lipinski definition) is 6. The van der Waals surface area contributed by atoms with Gasteiger partial charge in [-0.1, -0.05) is 11.3 Å². The number of rotatable bonds is 2. The van der Waals surface area contributed by atoms with Crippen molar-refractivity contribution in [2.45, 2.75) is 18.9 Å². The summed E-state index contributed by atoms with van der Waals surface area (Å²) < 4.78 is 7.44. The molecule has 96 valence electrons. The van der Waals surface area contributed by atoms with E-state index in [0.29, 0.717) is 0 Å². The molecule has 7 heteroatoms. The fraction of sp³-hybridized carbons (Fsp3) is 0.333. The van der Waals surface area contributed by atoms with Gasteiger partial charge in [0.15, 0.2) is 5.82 Å². The van der Waals surface area contributed by atoms with Gasteiger partial charge in [0.2, 0.25) is 4.96 Å². The molecule has 1 atom stereocenters. The summed E-state index contributed by atoms with van der Waals surface area (Å²) >= 11 is 1.51. The molecule has 1 fully saturated rings. The van der Waals surface area contributed by atoms with E-state index in [1.807, 2.05) is 12.1 Å². The quantitative estimate of drug-likeness (QED) is 0.715. The van der Waals surface area contributed by atoms with Crippen molar-refractivity contribution < 1.29 is 4.74 Å². The summed E-state index contributed by atoms with van der Waals surface area (Å²) in [6, 6.07) is 3.89. The maximum atomic E-state index is 5.65. The van der Waals surface area contributed by atoms with Crippen molar-refractivity contribution in [3.63, 3.8) is 0 Å². The fourth-order valence-corrected chi connectivity index (χ4v) is 3.06. The molecule has 0 aliphatic carbocycles. The predicted molar refractivity (Wildman–Crippen MR) is 69.8 cm³/mol. The molecular weight excluding hydrogens is 262 g/mol. The molecule has 6 nitrogen and oxygen atoms in total. The predicted octanol–water partition coefficient (Wildman–Crippen LogP) is 2.10. The molecule has 1 aliphatic rings. The monoisotopic (exact) mass is 273 g/mol. The van der Waals surface area contributed by atoms with Gasteiger partial charge in [-0.2, -0.15) is 9.61 Å². The van der Waals surface area contributed by atoms with Gasteiger partial charge in [-0.15, -0.1) is 10.2 Å². The fourth-order valence-electron chi connectivity index (χ4n) is 2.22. The van der Waals surface area contributed by atoms with Gasteiger partial charge in [0.1, 0.15) is 11.1 Å². The van der Waals surface area contributed by atoms with E-state index in [4.69, 9.17) is 4.74 Å². The largest absolute Gasteiger partial charge is 0.370 e. The zero-order valence-corrected chi connectivity index (χ0v) is 10.9. The molecule has 0 saturated carbocycles. The zero-order chi connectivity index (χ0) is 12.7. The first-order chi connectivity index (χ1) is 9.42. The molecule has 4 rings (SSSR count). The number of aromatic nitrogens is 5. The Morgan fingerprint density at radius 1 is 1.37 bits per heavy atom. The second-order valence-corrected chi connectivity index (χ2v) is 5.36. The Labute approximate surface area is 113 Å². The highest BCUT2D eigenvalue weighted by atomic mass is 32.1. The third kappa shape index (κ3) is 1.82. The first-order valence-corrected chi connectivity index (χ1v) is 6.97. The normalized spacial score (nSPS) is 19.3. The summed E-state index contributed by atoms with van der Waals surface area (Å²) in [7, 11) is 0. The van der Waals surface area contributed by atoms with E-state index < -0.39 is 0 Å². The topological polar surface area (TPSA) is 65.2 Å². The van der Waals surface area contributed by atoms with Crippen LogP contribution in [-0.2, 0) is 4.74 Å². The maximum Gasteiger partial charge on any atom is 0.235 e. The van der Waals surface area contributed by atoms with Crippen molar-refractivity contribution in [2.75, 3.05) is 6.61 Å². The standard InChI is InChI=1S/C12H11N5OS/c1-3-8(7-13-5-1)11-16-17-10(9-4-2-6-18-9)14-15-12(17)19-11/h1,3,5,7,9H,2,4,6H2. The van der Waals surface area contributed by atoms with Crippen LogP contribution in [0.25, 0.3) is 15.5 Å². The molecule has 0 bridgehead atoms. The smallest absolute Gasteiger partial charge is 0.235 e. The van der Waals surface area contributed by atoms with Crippen LogP contribution in [0, 0.1) is 0 Å². The number of nitrogens with zero attached hydrogens (tertiary/aromatic N) is 5. The zero-order valence-electron chi connectivity index (χ0n) is 10.1. The molecule has 0 N–H and O–H groups in total. The van der Waals surface area contributed by atoms with E-state index in [1.165, 1.54) is 11.3 Å². The van der Waals surface area contributed by atoms with E-state index in [0.717, 1.165) is 40.8 Å². The second kappa shape index (κ2) is 4.36. The summed E-state index contributed by atoms with van der Waals surface area (Å²) in [5, 5.41) is 13.8. The summed E-state index contributed by atoms with van der Waals surface area (Å²) in [6.07, 6.45) is 5.64. The lowest BCUT2D eigenvalue weighted by Crippen LogP contribution is -2.03. The second-order valence-electron chi connectivity index (χ2n) is 4.40. The minimum Gasteiger partial charge on any atom is -0.370 e. The van der Waals surface area contributed by atoms with Crippen LogP contribution in [-0.4, -0.2) is 31.4 Å². The van der Waals surface area contributed by atoms with Crippen molar-refractivity contribution in [3.05, 3.63) is 30.4 Å². The van der Waals surface area contributed by atoms with Crippen molar-refractivity contribution >= 4 is 16.3 Å². The van der Waals surface area contributed by atoms with Gasteiger partial charge in [-0.3, -0.25) is 4.98 Å². The molecule has 19 heavy (non-hydrogen) atoms. The van der Waals surface area contributed by atoms with Crippen molar-refractivity contribution in [2.24, 2.45) is 0 Å². The third-order valence-corrected chi connectivity index (χ3v) is 4.09. The molecule has 3 aromatic heterocycles. The number of fused-ring (bicyclic) bond motifs is 1. The average Bonchev–Trinajstić information content (AvgIpc) is 3.15. The summed E-state index contributed by atoms with van der Waals surface area (Å²) in [5.41, 5.74) is 0.997. The molecule has 3 aromatic rings. The molecule has 0 aromatic carbocycles. The van der Waals surface area contributed by atoms with Crippen LogP contribution in [0.15, 0.2) is 24.5 Å². The first kappa shape index (κ1) is 11.0. The van der Waals surface area contributed by atoms with Crippen LogP contribution in [0.2, 0.25) is 0 Å². The molecule has 1 unspecified atom stereocenters. The maximum absolute atomic E-state index is 5.65. The van der Waals surface area contributed by atoms with E-state index in [9.17, 15) is 0 Å². The highest BCUT2D eigenvalue weighted by molar-refractivity contribution is 7.19. The van der Waals surface area contributed by atoms with Crippen molar-refractivity contribution in [1.29, 1.82) is 0 Å². The molecule has 1 aliphatic heterocycles. The van der Waals surface area contributed by atoms with E-state index in [-0.39, 0.29) is 6.10 Å². The van der Waals surface area contributed by atoms with Gasteiger partial charge in [-0.05, 0) is 25.0 Å². The summed E-state index contributed by atoms with van der Waals surface area (Å²) in [5.74, 6) is 0.805. The van der Waals surface area contributed by atoms with E-state index in [2.05, 4.69) is 20.3 Å². The Kier molecular flexibility index (Phi) is 2.52. The van der Waals surface area contributed by atoms with Gasteiger partial charge in [0.25, 0.3) is 0 Å². The summed E-state index contributed by atoms with van der Waals surface area (Å²) in [6.45, 7) is 0.791. The molecule has 1 saturated heterocycles. The average molecular weight is 273 g/mol. The van der Waals surface area contributed by atoms with Crippen molar-refractivity contribution in [1.82, 2.24) is 24.8 Å². The molecule has 4 heterocycles. The van der Waals surface area contributed by atoms with E-state index >= 15 is 0 Å². The Hall–Kier alpha value is -1.86. The lowest BCUT2D eigenvalue weighted by atomic mass is 10.2. The van der Waals surface area contributed by atoms with E-state index in [1.54, 1.807) is 16.9 Å². The minimum absolute atomic E-state index is 0.0267. The van der Waals surface area contributed by atoms with Gasteiger partial charge in [-0.25, -0.2) is 0 Å². The lowest BCUT2D eigenvalue weighted by Gasteiger charge is -2.04. The number of pyridine rings is 1. The van der Waals surface area contributed by atoms with Crippen LogP contribution in [0.1, 0.15) is 24.8 Å². The SMILES string of the molecule is c1cncc(-c2nn3c(C4CCCO4)nnc3s2)c1. The van der Waals surface area contributed by atoms with Crippen LogP contribution < -0.4 is 0 Å². The Balaban J connectivity index is 1.80.